The van der Waals surface area contributed by atoms with Gasteiger partial charge in [0.2, 0.25) is 0 Å². The highest BCUT2D eigenvalue weighted by atomic mass is 35.5. The third kappa shape index (κ3) is 3.85. The summed E-state index contributed by atoms with van der Waals surface area (Å²) in [5.74, 6) is 0.895. The Labute approximate surface area is 120 Å². The van der Waals surface area contributed by atoms with E-state index in [2.05, 4.69) is 0 Å². The Morgan fingerprint density at radius 1 is 1.37 bits per heavy atom. The molecule has 1 saturated carbocycles. The third-order valence-electron chi connectivity index (χ3n) is 3.89. The van der Waals surface area contributed by atoms with Gasteiger partial charge in [-0.25, -0.2) is 0 Å². The maximum Gasteiger partial charge on any atom is 0.122 e. The largest absolute Gasteiger partial charge is 0.494 e. The standard InChI is InChI=1S/C15H23ClN2O/c1-2-19-14-4-3-12(16)9-11(14)10-15(18)7-5-13(17)6-8-15/h3-4,9,13H,2,5-8,10,17-18H2,1H3. The second kappa shape index (κ2) is 6.12. The van der Waals surface area contributed by atoms with E-state index in [1.165, 1.54) is 0 Å². The molecule has 0 radical (unpaired) electrons. The van der Waals surface area contributed by atoms with Gasteiger partial charge in [0.05, 0.1) is 6.61 Å². The highest BCUT2D eigenvalue weighted by molar-refractivity contribution is 6.30. The van der Waals surface area contributed by atoms with E-state index in [0.29, 0.717) is 12.6 Å². The zero-order valence-corrected chi connectivity index (χ0v) is 12.2. The van der Waals surface area contributed by atoms with Gasteiger partial charge in [-0.15, -0.1) is 0 Å². The van der Waals surface area contributed by atoms with Gasteiger partial charge in [-0.3, -0.25) is 0 Å². The average molecular weight is 283 g/mol. The molecule has 0 aliphatic heterocycles. The summed E-state index contributed by atoms with van der Waals surface area (Å²) in [5, 5.41) is 0.731. The minimum Gasteiger partial charge on any atom is -0.494 e. The second-order valence-electron chi connectivity index (χ2n) is 5.56. The monoisotopic (exact) mass is 282 g/mol. The van der Waals surface area contributed by atoms with Gasteiger partial charge < -0.3 is 16.2 Å². The molecule has 0 saturated heterocycles. The van der Waals surface area contributed by atoms with Crippen molar-refractivity contribution in [1.82, 2.24) is 0 Å². The molecule has 0 amide bonds. The number of nitrogens with two attached hydrogens (primary N) is 2. The summed E-state index contributed by atoms with van der Waals surface area (Å²) >= 11 is 6.09. The van der Waals surface area contributed by atoms with Crippen LogP contribution in [0.1, 0.15) is 38.2 Å². The molecule has 1 aromatic rings. The summed E-state index contributed by atoms with van der Waals surface area (Å²) in [4.78, 5) is 0. The zero-order valence-electron chi connectivity index (χ0n) is 11.5. The van der Waals surface area contributed by atoms with Gasteiger partial charge in [0.1, 0.15) is 5.75 Å². The SMILES string of the molecule is CCOc1ccc(Cl)cc1CC1(N)CCC(N)CC1. The van der Waals surface area contributed by atoms with E-state index in [-0.39, 0.29) is 5.54 Å². The van der Waals surface area contributed by atoms with E-state index in [9.17, 15) is 0 Å². The number of rotatable bonds is 4. The molecule has 106 valence electrons. The quantitative estimate of drug-likeness (QED) is 0.893. The molecule has 1 fully saturated rings. The maximum absolute atomic E-state index is 6.51. The van der Waals surface area contributed by atoms with Crippen molar-refractivity contribution < 1.29 is 4.74 Å². The summed E-state index contributed by atoms with van der Waals surface area (Å²) in [6.45, 7) is 2.63. The topological polar surface area (TPSA) is 61.3 Å². The number of hydrogen-bond donors (Lipinski definition) is 2. The molecule has 0 bridgehead atoms. The molecular weight excluding hydrogens is 260 g/mol. The van der Waals surface area contributed by atoms with Crippen LogP contribution in [0.4, 0.5) is 0 Å². The maximum atomic E-state index is 6.51. The van der Waals surface area contributed by atoms with Crippen LogP contribution in [0.15, 0.2) is 18.2 Å². The lowest BCUT2D eigenvalue weighted by Crippen LogP contribution is -2.47. The molecule has 1 aliphatic carbocycles. The lowest BCUT2D eigenvalue weighted by molar-refractivity contribution is 0.266. The number of benzene rings is 1. The molecule has 1 aromatic carbocycles. The molecule has 0 aromatic heterocycles. The Hall–Kier alpha value is -0.770. The zero-order chi connectivity index (χ0) is 13.9. The van der Waals surface area contributed by atoms with Gasteiger partial charge >= 0.3 is 0 Å². The van der Waals surface area contributed by atoms with Crippen LogP contribution in [0.2, 0.25) is 5.02 Å². The molecule has 3 nitrogen and oxygen atoms in total. The van der Waals surface area contributed by atoms with Crippen LogP contribution >= 0.6 is 11.6 Å². The highest BCUT2D eigenvalue weighted by Crippen LogP contribution is 2.33. The van der Waals surface area contributed by atoms with Crippen molar-refractivity contribution in [2.45, 2.75) is 50.6 Å². The van der Waals surface area contributed by atoms with Crippen molar-refractivity contribution in [2.75, 3.05) is 6.61 Å². The molecule has 4 N–H and O–H groups in total. The van der Waals surface area contributed by atoms with Crippen LogP contribution in [-0.2, 0) is 6.42 Å². The molecule has 0 unspecified atom stereocenters. The van der Waals surface area contributed by atoms with Gasteiger partial charge in [-0.2, -0.15) is 0 Å². The van der Waals surface area contributed by atoms with Gasteiger partial charge in [-0.05, 0) is 62.8 Å². The van der Waals surface area contributed by atoms with E-state index >= 15 is 0 Å². The fourth-order valence-electron chi connectivity index (χ4n) is 2.75. The predicted molar refractivity (Wildman–Crippen MR) is 79.7 cm³/mol. The minimum absolute atomic E-state index is 0.174. The first-order valence-corrected chi connectivity index (χ1v) is 7.36. The Kier molecular flexibility index (Phi) is 4.71. The summed E-state index contributed by atoms with van der Waals surface area (Å²) in [5.41, 5.74) is 13.4. The van der Waals surface area contributed by atoms with Crippen LogP contribution in [0, 0.1) is 0 Å². The summed E-state index contributed by atoms with van der Waals surface area (Å²) in [6, 6.07) is 6.06. The lowest BCUT2D eigenvalue weighted by atomic mass is 9.76. The van der Waals surface area contributed by atoms with Crippen LogP contribution in [0.3, 0.4) is 0 Å². The second-order valence-corrected chi connectivity index (χ2v) is 6.00. The van der Waals surface area contributed by atoms with Crippen LogP contribution in [-0.4, -0.2) is 18.2 Å². The molecule has 19 heavy (non-hydrogen) atoms. The lowest BCUT2D eigenvalue weighted by Gasteiger charge is -2.36. The van der Waals surface area contributed by atoms with Gasteiger partial charge in [0, 0.05) is 16.6 Å². The van der Waals surface area contributed by atoms with Gasteiger partial charge in [0.25, 0.3) is 0 Å². The first-order valence-electron chi connectivity index (χ1n) is 6.98. The molecule has 0 atom stereocenters. The Balaban J connectivity index is 2.15. The first kappa shape index (κ1) is 14.6. The molecule has 2 rings (SSSR count). The third-order valence-corrected chi connectivity index (χ3v) is 4.13. The van der Waals surface area contributed by atoms with Crippen molar-refractivity contribution in [3.05, 3.63) is 28.8 Å². The highest BCUT2D eigenvalue weighted by Gasteiger charge is 2.31. The van der Waals surface area contributed by atoms with Crippen molar-refractivity contribution in [3.63, 3.8) is 0 Å². The molecule has 0 heterocycles. The van der Waals surface area contributed by atoms with E-state index in [1.54, 1.807) is 0 Å². The summed E-state index contributed by atoms with van der Waals surface area (Å²) < 4.78 is 5.66. The van der Waals surface area contributed by atoms with Gasteiger partial charge in [0.15, 0.2) is 0 Å². The van der Waals surface area contributed by atoms with Crippen LogP contribution < -0.4 is 16.2 Å². The molecule has 4 heteroatoms. The van der Waals surface area contributed by atoms with Gasteiger partial charge in [-0.1, -0.05) is 11.6 Å². The van der Waals surface area contributed by atoms with Crippen molar-refractivity contribution in [2.24, 2.45) is 11.5 Å². The predicted octanol–water partition coefficient (Wildman–Crippen LogP) is 2.88. The molecule has 0 spiro atoms. The van der Waals surface area contributed by atoms with Crippen LogP contribution in [0.5, 0.6) is 5.75 Å². The Morgan fingerprint density at radius 3 is 2.68 bits per heavy atom. The van der Waals surface area contributed by atoms with E-state index in [1.807, 2.05) is 25.1 Å². The average Bonchev–Trinajstić information content (AvgIpc) is 2.37. The smallest absolute Gasteiger partial charge is 0.122 e. The Morgan fingerprint density at radius 2 is 2.05 bits per heavy atom. The van der Waals surface area contributed by atoms with Crippen molar-refractivity contribution in [3.8, 4) is 5.75 Å². The molecular formula is C15H23ClN2O. The van der Waals surface area contributed by atoms with Crippen molar-refractivity contribution >= 4 is 11.6 Å². The fourth-order valence-corrected chi connectivity index (χ4v) is 2.95. The summed E-state index contributed by atoms with van der Waals surface area (Å²) in [6.07, 6.45) is 4.73. The van der Waals surface area contributed by atoms with E-state index < -0.39 is 0 Å². The number of halogens is 1. The first-order chi connectivity index (χ1) is 9.02. The summed E-state index contributed by atoms with van der Waals surface area (Å²) in [7, 11) is 0. The van der Waals surface area contributed by atoms with E-state index in [0.717, 1.165) is 48.4 Å². The van der Waals surface area contributed by atoms with Crippen LogP contribution in [0.25, 0.3) is 0 Å². The minimum atomic E-state index is -0.174. The van der Waals surface area contributed by atoms with Crippen molar-refractivity contribution in [1.29, 1.82) is 0 Å². The number of ether oxygens (including phenoxy) is 1. The number of hydrogen-bond acceptors (Lipinski definition) is 3. The molecule has 1 aliphatic rings. The fraction of sp³-hybridized carbons (Fsp3) is 0.600. The Bertz CT molecular complexity index is 428. The van der Waals surface area contributed by atoms with E-state index in [4.69, 9.17) is 27.8 Å². The normalized spacial score (nSPS) is 27.3.